The topological polar surface area (TPSA) is 46.6 Å². The molecule has 1 fully saturated rings. The lowest BCUT2D eigenvalue weighted by Crippen LogP contribution is -3.14. The van der Waals surface area contributed by atoms with Crippen molar-refractivity contribution >= 4 is 17.3 Å². The molecule has 0 atom stereocenters. The number of aryl methyl sites for hydroxylation is 1. The highest BCUT2D eigenvalue weighted by Gasteiger charge is 2.21. The first-order valence-corrected chi connectivity index (χ1v) is 9.88. The van der Waals surface area contributed by atoms with Crippen molar-refractivity contribution in [3.8, 4) is 11.4 Å². The third-order valence-electron chi connectivity index (χ3n) is 5.08. The maximum absolute atomic E-state index is 6.32. The average Bonchev–Trinajstić information content (AvgIpc) is 3.19. The Hall–Kier alpha value is -2.37. The number of nitrogens with zero attached hydrogens (tertiary/aromatic N) is 3. The molecule has 1 saturated heterocycles. The van der Waals surface area contributed by atoms with Gasteiger partial charge >= 0.3 is 0 Å². The Bertz CT molecular complexity index is 859. The Balaban J connectivity index is 1.23. The number of halogens is 1. The molecule has 0 aliphatic carbocycles. The largest absolute Gasteiger partial charge is 0.359 e. The molecule has 1 aliphatic heterocycles. The van der Waals surface area contributed by atoms with Gasteiger partial charge in [-0.25, -0.2) is 0 Å². The highest BCUT2D eigenvalue weighted by molar-refractivity contribution is 6.33. The van der Waals surface area contributed by atoms with Crippen LogP contribution in [-0.4, -0.2) is 42.9 Å². The zero-order valence-electron chi connectivity index (χ0n) is 15.3. The maximum Gasteiger partial charge on any atom is 0.227 e. The normalized spacial score (nSPS) is 15.2. The van der Waals surface area contributed by atoms with Crippen LogP contribution in [0.4, 0.5) is 5.69 Å². The fraction of sp³-hybridized carbons (Fsp3) is 0.333. The van der Waals surface area contributed by atoms with E-state index in [9.17, 15) is 0 Å². The Labute approximate surface area is 164 Å². The second-order valence-electron chi connectivity index (χ2n) is 6.92. The second-order valence-corrected chi connectivity index (χ2v) is 7.33. The van der Waals surface area contributed by atoms with Gasteiger partial charge in [0.25, 0.3) is 0 Å². The summed E-state index contributed by atoms with van der Waals surface area (Å²) in [6, 6.07) is 18.0. The molecule has 1 N–H and O–H groups in total. The van der Waals surface area contributed by atoms with Crippen LogP contribution in [0.1, 0.15) is 12.3 Å². The summed E-state index contributed by atoms with van der Waals surface area (Å²) in [4.78, 5) is 8.53. The average molecular weight is 384 g/mol. The van der Waals surface area contributed by atoms with Crippen molar-refractivity contribution < 1.29 is 9.42 Å². The highest BCUT2D eigenvalue weighted by atomic mass is 35.5. The van der Waals surface area contributed by atoms with Crippen molar-refractivity contribution in [1.29, 1.82) is 0 Å². The minimum Gasteiger partial charge on any atom is -0.359 e. The lowest BCUT2D eigenvalue weighted by atomic mass is 10.2. The minimum atomic E-state index is 0.673. The van der Waals surface area contributed by atoms with Crippen molar-refractivity contribution in [3.63, 3.8) is 0 Å². The van der Waals surface area contributed by atoms with E-state index in [0.29, 0.717) is 5.82 Å². The van der Waals surface area contributed by atoms with Crippen LogP contribution < -0.4 is 9.80 Å². The summed E-state index contributed by atoms with van der Waals surface area (Å²) in [5.74, 6) is 1.40. The number of quaternary nitrogens is 1. The number of rotatable bonds is 6. The van der Waals surface area contributed by atoms with Crippen LogP contribution in [0, 0.1) is 0 Å². The van der Waals surface area contributed by atoms with Crippen LogP contribution in [0.2, 0.25) is 5.02 Å². The Morgan fingerprint density at radius 1 is 1.00 bits per heavy atom. The SMILES string of the molecule is Clc1ccccc1N1CC[NH+](CCCc2nc(-c3ccccc3)no2)CC1. The molecule has 6 heteroatoms. The molecule has 1 aromatic heterocycles. The molecule has 0 bridgehead atoms. The molecule has 140 valence electrons. The third kappa shape index (κ3) is 4.49. The van der Waals surface area contributed by atoms with E-state index < -0.39 is 0 Å². The van der Waals surface area contributed by atoms with Crippen LogP contribution >= 0.6 is 11.6 Å². The summed E-state index contributed by atoms with van der Waals surface area (Å²) >= 11 is 6.32. The number of benzene rings is 2. The number of hydrogen-bond donors (Lipinski definition) is 1. The molecule has 27 heavy (non-hydrogen) atoms. The Kier molecular flexibility index (Phi) is 5.70. The molecular formula is C21H24ClN4O+. The van der Waals surface area contributed by atoms with Crippen LogP contribution in [0.25, 0.3) is 11.4 Å². The van der Waals surface area contributed by atoms with Crippen LogP contribution in [0.3, 0.4) is 0 Å². The van der Waals surface area contributed by atoms with Gasteiger partial charge in [0.1, 0.15) is 0 Å². The van der Waals surface area contributed by atoms with Gasteiger partial charge in [-0.3, -0.25) is 0 Å². The van der Waals surface area contributed by atoms with Gasteiger partial charge in [-0.1, -0.05) is 59.2 Å². The first-order valence-electron chi connectivity index (χ1n) is 9.50. The molecule has 1 aliphatic rings. The monoisotopic (exact) mass is 383 g/mol. The van der Waals surface area contributed by atoms with Crippen molar-refractivity contribution in [2.45, 2.75) is 12.8 Å². The summed E-state index contributed by atoms with van der Waals surface area (Å²) in [5.41, 5.74) is 2.14. The van der Waals surface area contributed by atoms with Crippen molar-refractivity contribution in [1.82, 2.24) is 10.1 Å². The molecule has 2 aromatic carbocycles. The minimum absolute atomic E-state index is 0.673. The zero-order chi connectivity index (χ0) is 18.5. The predicted molar refractivity (Wildman–Crippen MR) is 107 cm³/mol. The zero-order valence-corrected chi connectivity index (χ0v) is 16.0. The van der Waals surface area contributed by atoms with Gasteiger partial charge in [-0.2, -0.15) is 4.98 Å². The Morgan fingerprint density at radius 3 is 2.52 bits per heavy atom. The number of para-hydroxylation sites is 1. The van der Waals surface area contributed by atoms with Crippen LogP contribution in [0.5, 0.6) is 0 Å². The molecule has 4 rings (SSSR count). The first-order chi connectivity index (χ1) is 13.3. The van der Waals surface area contributed by atoms with E-state index in [1.165, 1.54) is 0 Å². The maximum atomic E-state index is 6.32. The molecule has 0 unspecified atom stereocenters. The van der Waals surface area contributed by atoms with Crippen molar-refractivity contribution in [2.75, 3.05) is 37.6 Å². The molecule has 0 spiro atoms. The van der Waals surface area contributed by atoms with Crippen LogP contribution in [-0.2, 0) is 6.42 Å². The summed E-state index contributed by atoms with van der Waals surface area (Å²) in [6.07, 6.45) is 1.88. The van der Waals surface area contributed by atoms with E-state index in [1.807, 2.05) is 42.5 Å². The van der Waals surface area contributed by atoms with Gasteiger partial charge in [0, 0.05) is 18.4 Å². The molecule has 0 amide bonds. The lowest BCUT2D eigenvalue weighted by molar-refractivity contribution is -0.900. The van der Waals surface area contributed by atoms with E-state index in [1.54, 1.807) is 4.90 Å². The van der Waals surface area contributed by atoms with Crippen molar-refractivity contribution in [2.24, 2.45) is 0 Å². The van der Waals surface area contributed by atoms with Gasteiger partial charge in [0.15, 0.2) is 0 Å². The number of hydrogen-bond acceptors (Lipinski definition) is 4. The molecule has 0 saturated carbocycles. The highest BCUT2D eigenvalue weighted by Crippen LogP contribution is 2.24. The second kappa shape index (κ2) is 8.55. The molecule has 2 heterocycles. The van der Waals surface area contributed by atoms with E-state index in [2.05, 4.69) is 27.2 Å². The van der Waals surface area contributed by atoms with E-state index >= 15 is 0 Å². The van der Waals surface area contributed by atoms with Gasteiger partial charge in [-0.15, -0.1) is 0 Å². The number of piperazine rings is 1. The number of aromatic nitrogens is 2. The number of nitrogens with one attached hydrogen (secondary N) is 1. The molecule has 5 nitrogen and oxygen atoms in total. The fourth-order valence-corrected chi connectivity index (χ4v) is 3.83. The van der Waals surface area contributed by atoms with E-state index in [0.717, 1.165) is 67.7 Å². The molecule has 3 aromatic rings. The fourth-order valence-electron chi connectivity index (χ4n) is 3.57. The van der Waals surface area contributed by atoms with E-state index in [4.69, 9.17) is 16.1 Å². The quantitative estimate of drug-likeness (QED) is 0.711. The molecule has 0 radical (unpaired) electrons. The summed E-state index contributed by atoms with van der Waals surface area (Å²) in [6.45, 7) is 5.46. The van der Waals surface area contributed by atoms with Gasteiger partial charge in [0.05, 0.1) is 43.4 Å². The smallest absolute Gasteiger partial charge is 0.227 e. The van der Waals surface area contributed by atoms with E-state index in [-0.39, 0.29) is 0 Å². The third-order valence-corrected chi connectivity index (χ3v) is 5.40. The van der Waals surface area contributed by atoms with Gasteiger partial charge < -0.3 is 14.3 Å². The number of anilines is 1. The summed E-state index contributed by atoms with van der Waals surface area (Å²) in [7, 11) is 0. The van der Waals surface area contributed by atoms with Crippen LogP contribution in [0.15, 0.2) is 59.1 Å². The van der Waals surface area contributed by atoms with Gasteiger partial charge in [-0.05, 0) is 12.1 Å². The standard InChI is InChI=1S/C21H23ClN4O/c22-18-9-4-5-10-19(18)26-15-13-25(14-16-26)12-6-11-20-23-21(24-27-20)17-7-2-1-3-8-17/h1-5,7-10H,6,11-16H2/p+1. The van der Waals surface area contributed by atoms with Crippen molar-refractivity contribution in [3.05, 3.63) is 65.5 Å². The molecular weight excluding hydrogens is 360 g/mol. The summed E-state index contributed by atoms with van der Waals surface area (Å²) in [5, 5.41) is 4.93. The van der Waals surface area contributed by atoms with Gasteiger partial charge in [0.2, 0.25) is 11.7 Å². The Morgan fingerprint density at radius 2 is 1.74 bits per heavy atom. The first kappa shape index (κ1) is 18.0. The lowest BCUT2D eigenvalue weighted by Gasteiger charge is -2.34. The summed E-state index contributed by atoms with van der Waals surface area (Å²) < 4.78 is 5.40. The predicted octanol–water partition coefficient (Wildman–Crippen LogP) is 2.73.